The third kappa shape index (κ3) is 27.1. The van der Waals surface area contributed by atoms with Crippen LogP contribution in [0.5, 0.6) is 17.2 Å². The fraction of sp³-hybridized carbons (Fsp3) is 0.304. The summed E-state index contributed by atoms with van der Waals surface area (Å²) in [6.07, 6.45) is -3.08. The molecule has 5 aromatic rings. The Kier molecular flexibility index (Phi) is 26.3. The predicted molar refractivity (Wildman–Crippen MR) is 254 cm³/mol. The van der Waals surface area contributed by atoms with E-state index in [0.717, 1.165) is 11.1 Å². The molecule has 0 aliphatic rings. The number of rotatable bonds is 19. The highest BCUT2D eigenvalue weighted by molar-refractivity contribution is 7.54. The van der Waals surface area contributed by atoms with Gasteiger partial charge in [0.1, 0.15) is 49.3 Å². The molecule has 0 saturated heterocycles. The fourth-order valence-electron chi connectivity index (χ4n) is 4.67. The molecule has 0 saturated carbocycles. The molecule has 6 N–H and O–H groups in total. The highest BCUT2D eigenvalue weighted by atomic mass is 31.2. The molecule has 3 unspecified atom stereocenters. The van der Waals surface area contributed by atoms with E-state index in [9.17, 15) is 28.2 Å². The summed E-state index contributed by atoms with van der Waals surface area (Å²) in [5, 5.41) is 12.7. The first-order valence-electron chi connectivity index (χ1n) is 20.7. The number of nitrogens with two attached hydrogens (primary N) is 1. The van der Waals surface area contributed by atoms with Gasteiger partial charge in [0.25, 0.3) is 0 Å². The van der Waals surface area contributed by atoms with Crippen LogP contribution in [0.1, 0.15) is 52.7 Å². The molecule has 0 aromatic heterocycles. The van der Waals surface area contributed by atoms with Gasteiger partial charge in [0, 0.05) is 6.10 Å². The summed E-state index contributed by atoms with van der Waals surface area (Å²) in [6, 6.07) is 44.2. The molecule has 0 aliphatic heterocycles. The van der Waals surface area contributed by atoms with E-state index in [1.807, 2.05) is 72.8 Å². The van der Waals surface area contributed by atoms with E-state index < -0.39 is 41.3 Å². The molecule has 0 aliphatic carbocycles. The maximum atomic E-state index is 12.9. The van der Waals surface area contributed by atoms with Crippen LogP contribution in [-0.4, -0.2) is 59.4 Å². The van der Waals surface area contributed by atoms with Gasteiger partial charge in [-0.1, -0.05) is 115 Å². The minimum atomic E-state index is -3.98. The minimum absolute atomic E-state index is 0.0853. The van der Waals surface area contributed by atoms with Crippen LogP contribution in [-0.2, 0) is 45.4 Å². The van der Waals surface area contributed by atoms with Crippen molar-refractivity contribution < 1.29 is 65.4 Å². The van der Waals surface area contributed by atoms with Crippen molar-refractivity contribution in [3.63, 3.8) is 0 Å². The molecule has 360 valence electrons. The first kappa shape index (κ1) is 56.7. The summed E-state index contributed by atoms with van der Waals surface area (Å²) in [7, 11) is -10.7. The Morgan fingerprint density at radius 2 is 0.818 bits per heavy atom. The van der Waals surface area contributed by atoms with Crippen molar-refractivity contribution in [1.29, 1.82) is 0 Å². The third-order valence-electron chi connectivity index (χ3n) is 7.20. The number of nitrogens with one attached hydrogen (secondary N) is 2. The van der Waals surface area contributed by atoms with Gasteiger partial charge >= 0.3 is 35.0 Å². The van der Waals surface area contributed by atoms with Gasteiger partial charge in [-0.15, -0.1) is 0 Å². The van der Waals surface area contributed by atoms with Crippen LogP contribution < -0.4 is 29.9 Å². The zero-order valence-corrected chi connectivity index (χ0v) is 40.6. The molecule has 17 nitrogen and oxygen atoms in total. The average molecular weight is 974 g/mol. The van der Waals surface area contributed by atoms with E-state index in [4.69, 9.17) is 42.9 Å². The van der Waals surface area contributed by atoms with Gasteiger partial charge in [0.15, 0.2) is 0 Å². The Balaban J connectivity index is 0.000000335. The highest BCUT2D eigenvalue weighted by Gasteiger charge is 2.29. The van der Waals surface area contributed by atoms with E-state index >= 15 is 0 Å². The summed E-state index contributed by atoms with van der Waals surface area (Å²) in [5.41, 5.74) is 7.08. The number of benzene rings is 5. The molecule has 0 fully saturated rings. The van der Waals surface area contributed by atoms with Crippen molar-refractivity contribution in [2.75, 3.05) is 18.9 Å². The Bertz CT molecular complexity index is 2230. The van der Waals surface area contributed by atoms with Crippen molar-refractivity contribution >= 4 is 35.0 Å². The van der Waals surface area contributed by atoms with Gasteiger partial charge in [-0.25, -0.2) is 23.3 Å². The highest BCUT2D eigenvalue weighted by Crippen LogP contribution is 2.49. The molecule has 20 heteroatoms. The number of amides is 2. The summed E-state index contributed by atoms with van der Waals surface area (Å²) < 4.78 is 73.0. The van der Waals surface area contributed by atoms with Gasteiger partial charge in [-0.2, -0.15) is 0 Å². The van der Waals surface area contributed by atoms with Crippen molar-refractivity contribution in [2.24, 2.45) is 5.73 Å². The Morgan fingerprint density at radius 1 is 0.515 bits per heavy atom. The number of alkyl carbamates (subject to hydrolysis) is 2. The van der Waals surface area contributed by atoms with Crippen LogP contribution in [0.3, 0.4) is 0 Å². The van der Waals surface area contributed by atoms with E-state index in [1.165, 1.54) is 0 Å². The quantitative estimate of drug-likeness (QED) is 0.0484. The van der Waals surface area contributed by atoms with Gasteiger partial charge in [-0.05, 0) is 89.1 Å². The first-order valence-corrected chi connectivity index (χ1v) is 25.9. The molecule has 0 spiro atoms. The van der Waals surface area contributed by atoms with E-state index in [0.29, 0.717) is 11.5 Å². The predicted octanol–water partition coefficient (Wildman–Crippen LogP) is 10.7. The normalized spacial score (nSPS) is 13.2. The van der Waals surface area contributed by atoms with Crippen LogP contribution in [0.15, 0.2) is 152 Å². The number of hydrogen-bond donors (Lipinski definition) is 5. The number of aliphatic hydroxyl groups is 1. The lowest BCUT2D eigenvalue weighted by Crippen LogP contribution is -2.27. The van der Waals surface area contributed by atoms with Crippen molar-refractivity contribution in [3.05, 3.63) is 163 Å². The topological polar surface area (TPSA) is 240 Å². The molecule has 5 rings (SSSR count). The molecule has 0 bridgehead atoms. The zero-order chi connectivity index (χ0) is 48.9. The fourth-order valence-corrected chi connectivity index (χ4v) is 8.40. The number of carbonyl (C=O) groups excluding carboxylic acids is 2. The molecule has 3 atom stereocenters. The standard InChI is InChI=1S/C18H22NO5P.C15H16NO5P.C10H16NO3P.C3H8O/c1-15(2)23-25(21,24-17-11-7-4-8-12-17)14-19-18(20)22-13-16-9-5-3-6-10-16;17-15(20-11-13-7-3-1-4-8-13)16-12-22(18,19)21-14-9-5-2-6-10-14;1-9(2)13-15(12,8-11)14-10-6-4-3-5-7-10;1-3(2)4/h3-12,15H,13-14H2,1-2H3,(H,19,20);1-10H,11-12H2,(H,16,17)(H,18,19);3-7,9H,8,11H2,1-2H3;3-4H,1-2H3. The van der Waals surface area contributed by atoms with Gasteiger partial charge < -0.3 is 49.4 Å². The second-order valence-electron chi connectivity index (χ2n) is 14.5. The van der Waals surface area contributed by atoms with E-state index in [2.05, 4.69) is 10.6 Å². The summed E-state index contributed by atoms with van der Waals surface area (Å²) in [6.45, 7) is 10.7. The van der Waals surface area contributed by atoms with Crippen molar-refractivity contribution in [3.8, 4) is 17.2 Å². The number of para-hydroxylation sites is 3. The second kappa shape index (κ2) is 30.7. The number of aliphatic hydroxyl groups excluding tert-OH is 1. The SMILES string of the molecule is CC(C)O.CC(C)OP(=O)(CN)Oc1ccccc1.CC(C)OP(=O)(CNC(=O)OCc1ccccc1)Oc1ccccc1.O=C(NCP(=O)(O)Oc1ccccc1)OCc1ccccc1. The Labute approximate surface area is 387 Å². The van der Waals surface area contributed by atoms with Crippen molar-refractivity contribution in [2.45, 2.75) is 73.1 Å². The van der Waals surface area contributed by atoms with Crippen LogP contribution in [0.25, 0.3) is 0 Å². The maximum absolute atomic E-state index is 12.9. The number of carbonyl (C=O) groups is 2. The summed E-state index contributed by atoms with van der Waals surface area (Å²) in [4.78, 5) is 33.0. The molecule has 0 heterocycles. The van der Waals surface area contributed by atoms with Gasteiger partial charge in [-0.3, -0.25) is 9.05 Å². The maximum Gasteiger partial charge on any atom is 0.408 e. The largest absolute Gasteiger partial charge is 0.445 e. The average Bonchev–Trinajstić information content (AvgIpc) is 3.27. The summed E-state index contributed by atoms with van der Waals surface area (Å²) >= 11 is 0. The summed E-state index contributed by atoms with van der Waals surface area (Å²) in [5.74, 6) is 1.17. The molecule has 0 radical (unpaired) electrons. The van der Waals surface area contributed by atoms with Crippen molar-refractivity contribution in [1.82, 2.24) is 10.6 Å². The monoisotopic (exact) mass is 973 g/mol. The minimum Gasteiger partial charge on any atom is -0.445 e. The molecular weight excluding hydrogens is 911 g/mol. The smallest absolute Gasteiger partial charge is 0.408 e. The molecule has 5 aromatic carbocycles. The van der Waals surface area contributed by atoms with Crippen LogP contribution >= 0.6 is 22.8 Å². The van der Waals surface area contributed by atoms with E-state index in [-0.39, 0.29) is 49.8 Å². The number of ether oxygens (including phenoxy) is 2. The molecular formula is C46H62N3O14P3. The first-order chi connectivity index (χ1) is 31.3. The Hall–Kier alpha value is -5.47. The lowest BCUT2D eigenvalue weighted by molar-refractivity contribution is 0.139. The lowest BCUT2D eigenvalue weighted by Gasteiger charge is -2.21. The van der Waals surface area contributed by atoms with Crippen LogP contribution in [0.4, 0.5) is 9.59 Å². The van der Waals surface area contributed by atoms with Gasteiger partial charge in [0.05, 0.1) is 12.2 Å². The van der Waals surface area contributed by atoms with Crippen LogP contribution in [0.2, 0.25) is 0 Å². The Morgan fingerprint density at radius 3 is 1.17 bits per heavy atom. The van der Waals surface area contributed by atoms with E-state index in [1.54, 1.807) is 120 Å². The number of hydrogen-bond acceptors (Lipinski definition) is 14. The second-order valence-corrected chi connectivity index (χ2v) is 20.1. The molecule has 2 amide bonds. The zero-order valence-electron chi connectivity index (χ0n) is 37.9. The van der Waals surface area contributed by atoms with Gasteiger partial charge in [0.2, 0.25) is 0 Å². The van der Waals surface area contributed by atoms with Crippen LogP contribution in [0, 0.1) is 0 Å². The third-order valence-corrected chi connectivity index (χ3v) is 11.7. The lowest BCUT2D eigenvalue weighted by atomic mass is 10.2. The molecule has 66 heavy (non-hydrogen) atoms.